The van der Waals surface area contributed by atoms with Crippen molar-refractivity contribution in [2.45, 2.75) is 6.10 Å². The number of β-amino-alcohol motifs (C(OH)–C–C–N with tert-alkyl or cyclic N) is 1. The van der Waals surface area contributed by atoms with Crippen LogP contribution >= 0.6 is 11.6 Å². The predicted molar refractivity (Wildman–Crippen MR) is 89.3 cm³/mol. The first kappa shape index (κ1) is 16.2. The Kier molecular flexibility index (Phi) is 5.10. The molecular formula is C17H19ClFN3O. The Bertz CT molecular complexity index is 645. The standard InChI is InChI=1S/C17H19ClFN3O/c18-15-11-20-6-5-16(15)22-9-7-21(8-10-22)12-17(23)13-1-3-14(19)4-2-13/h1-6,11,17,23H,7-10,12H2. The van der Waals surface area contributed by atoms with Crippen molar-refractivity contribution < 1.29 is 9.50 Å². The second kappa shape index (κ2) is 7.25. The molecular weight excluding hydrogens is 317 g/mol. The van der Waals surface area contributed by atoms with Crippen LogP contribution in [-0.4, -0.2) is 47.7 Å². The number of nitrogens with zero attached hydrogens (tertiary/aromatic N) is 3. The van der Waals surface area contributed by atoms with E-state index in [1.807, 2.05) is 6.07 Å². The molecule has 2 heterocycles. The van der Waals surface area contributed by atoms with E-state index in [0.29, 0.717) is 11.6 Å². The monoisotopic (exact) mass is 335 g/mol. The molecule has 0 radical (unpaired) electrons. The van der Waals surface area contributed by atoms with Crippen LogP contribution in [-0.2, 0) is 0 Å². The van der Waals surface area contributed by atoms with Gasteiger partial charge in [-0.15, -0.1) is 0 Å². The van der Waals surface area contributed by atoms with E-state index in [4.69, 9.17) is 11.6 Å². The molecule has 1 unspecified atom stereocenters. The van der Waals surface area contributed by atoms with Crippen molar-refractivity contribution in [2.24, 2.45) is 0 Å². The third kappa shape index (κ3) is 3.99. The molecule has 23 heavy (non-hydrogen) atoms. The zero-order valence-corrected chi connectivity index (χ0v) is 13.5. The molecule has 1 aromatic carbocycles. The van der Waals surface area contributed by atoms with Crippen molar-refractivity contribution in [1.29, 1.82) is 0 Å². The van der Waals surface area contributed by atoms with Crippen molar-refractivity contribution >= 4 is 17.3 Å². The molecule has 1 aliphatic rings. The highest BCUT2D eigenvalue weighted by molar-refractivity contribution is 6.33. The molecule has 1 fully saturated rings. The first-order chi connectivity index (χ1) is 11.1. The lowest BCUT2D eigenvalue weighted by Gasteiger charge is -2.37. The van der Waals surface area contributed by atoms with E-state index < -0.39 is 6.10 Å². The van der Waals surface area contributed by atoms with Crippen LogP contribution < -0.4 is 4.90 Å². The molecule has 1 aliphatic heterocycles. The zero-order valence-electron chi connectivity index (χ0n) is 12.7. The summed E-state index contributed by atoms with van der Waals surface area (Å²) in [6.45, 7) is 3.93. The van der Waals surface area contributed by atoms with Crippen LogP contribution in [0.15, 0.2) is 42.7 Å². The fraction of sp³-hybridized carbons (Fsp3) is 0.353. The van der Waals surface area contributed by atoms with Crippen LogP contribution in [0.5, 0.6) is 0 Å². The minimum atomic E-state index is -0.605. The fourth-order valence-electron chi connectivity index (χ4n) is 2.83. The van der Waals surface area contributed by atoms with E-state index in [1.165, 1.54) is 12.1 Å². The summed E-state index contributed by atoms with van der Waals surface area (Å²) in [6.07, 6.45) is 2.79. The second-order valence-electron chi connectivity index (χ2n) is 5.68. The van der Waals surface area contributed by atoms with Gasteiger partial charge in [0.2, 0.25) is 0 Å². The largest absolute Gasteiger partial charge is 0.387 e. The molecule has 1 N–H and O–H groups in total. The van der Waals surface area contributed by atoms with Crippen molar-refractivity contribution in [3.63, 3.8) is 0 Å². The summed E-state index contributed by atoms with van der Waals surface area (Å²) >= 11 is 6.18. The van der Waals surface area contributed by atoms with Crippen LogP contribution in [0.2, 0.25) is 5.02 Å². The molecule has 0 aliphatic carbocycles. The van der Waals surface area contributed by atoms with Gasteiger partial charge >= 0.3 is 0 Å². The Morgan fingerprint density at radius 3 is 2.48 bits per heavy atom. The number of aliphatic hydroxyl groups is 1. The number of benzene rings is 1. The zero-order chi connectivity index (χ0) is 16.2. The fourth-order valence-corrected chi connectivity index (χ4v) is 3.07. The lowest BCUT2D eigenvalue weighted by atomic mass is 10.1. The summed E-state index contributed by atoms with van der Waals surface area (Å²) in [5.41, 5.74) is 1.74. The van der Waals surface area contributed by atoms with Gasteiger partial charge in [-0.2, -0.15) is 0 Å². The summed E-state index contributed by atoms with van der Waals surface area (Å²) in [7, 11) is 0. The highest BCUT2D eigenvalue weighted by Crippen LogP contribution is 2.25. The number of pyridine rings is 1. The molecule has 6 heteroatoms. The minimum absolute atomic E-state index is 0.288. The first-order valence-corrected chi connectivity index (χ1v) is 8.01. The summed E-state index contributed by atoms with van der Waals surface area (Å²) < 4.78 is 12.9. The lowest BCUT2D eigenvalue weighted by molar-refractivity contribution is 0.109. The molecule has 122 valence electrons. The summed E-state index contributed by atoms with van der Waals surface area (Å²) in [6, 6.07) is 7.94. The van der Waals surface area contributed by atoms with Crippen LogP contribution in [0.3, 0.4) is 0 Å². The average Bonchev–Trinajstić information content (AvgIpc) is 2.57. The second-order valence-corrected chi connectivity index (χ2v) is 6.09. The Balaban J connectivity index is 1.55. The van der Waals surface area contributed by atoms with Gasteiger partial charge in [0.25, 0.3) is 0 Å². The number of aliphatic hydroxyl groups excluding tert-OH is 1. The van der Waals surface area contributed by atoms with Gasteiger partial charge in [0.15, 0.2) is 0 Å². The van der Waals surface area contributed by atoms with Crippen molar-refractivity contribution in [1.82, 2.24) is 9.88 Å². The SMILES string of the molecule is OC(CN1CCN(c2ccncc2Cl)CC1)c1ccc(F)cc1. The van der Waals surface area contributed by atoms with Gasteiger partial charge in [-0.05, 0) is 23.8 Å². The maximum absolute atomic E-state index is 12.9. The van der Waals surface area contributed by atoms with Gasteiger partial charge in [0.1, 0.15) is 5.82 Å². The van der Waals surface area contributed by atoms with Gasteiger partial charge in [0, 0.05) is 45.1 Å². The molecule has 0 bridgehead atoms. The number of hydrogen-bond acceptors (Lipinski definition) is 4. The van der Waals surface area contributed by atoms with Crippen LogP contribution in [0.1, 0.15) is 11.7 Å². The number of rotatable bonds is 4. The van der Waals surface area contributed by atoms with E-state index in [2.05, 4.69) is 14.8 Å². The van der Waals surface area contributed by atoms with Crippen molar-refractivity contribution in [2.75, 3.05) is 37.6 Å². The van der Waals surface area contributed by atoms with Gasteiger partial charge in [-0.3, -0.25) is 9.88 Å². The van der Waals surface area contributed by atoms with Gasteiger partial charge in [0.05, 0.1) is 16.8 Å². The smallest absolute Gasteiger partial charge is 0.123 e. The minimum Gasteiger partial charge on any atom is -0.387 e. The highest BCUT2D eigenvalue weighted by atomic mass is 35.5. The van der Waals surface area contributed by atoms with Crippen molar-refractivity contribution in [3.05, 3.63) is 59.1 Å². The highest BCUT2D eigenvalue weighted by Gasteiger charge is 2.21. The third-order valence-electron chi connectivity index (χ3n) is 4.15. The van der Waals surface area contributed by atoms with Crippen LogP contribution in [0.4, 0.5) is 10.1 Å². The molecule has 1 saturated heterocycles. The van der Waals surface area contributed by atoms with Gasteiger partial charge < -0.3 is 10.0 Å². The topological polar surface area (TPSA) is 39.6 Å². The van der Waals surface area contributed by atoms with Gasteiger partial charge in [-0.25, -0.2) is 4.39 Å². The molecule has 1 atom stereocenters. The van der Waals surface area contributed by atoms with Crippen molar-refractivity contribution in [3.8, 4) is 0 Å². The number of aromatic nitrogens is 1. The molecule has 0 saturated carbocycles. The summed E-state index contributed by atoms with van der Waals surface area (Å²) in [4.78, 5) is 8.44. The van der Waals surface area contributed by atoms with Crippen LogP contribution in [0, 0.1) is 5.82 Å². The number of piperazine rings is 1. The van der Waals surface area contributed by atoms with E-state index in [-0.39, 0.29) is 5.82 Å². The van der Waals surface area contributed by atoms with Gasteiger partial charge in [-0.1, -0.05) is 23.7 Å². The maximum atomic E-state index is 12.9. The maximum Gasteiger partial charge on any atom is 0.123 e. The van der Waals surface area contributed by atoms with Crippen LogP contribution in [0.25, 0.3) is 0 Å². The molecule has 3 rings (SSSR count). The third-order valence-corrected chi connectivity index (χ3v) is 4.44. The summed E-state index contributed by atoms with van der Waals surface area (Å²) in [5, 5.41) is 10.9. The van der Waals surface area contributed by atoms with E-state index in [0.717, 1.165) is 37.4 Å². The first-order valence-electron chi connectivity index (χ1n) is 7.64. The Morgan fingerprint density at radius 1 is 1.13 bits per heavy atom. The molecule has 2 aromatic rings. The lowest BCUT2D eigenvalue weighted by Crippen LogP contribution is -2.47. The molecule has 1 aromatic heterocycles. The molecule has 0 spiro atoms. The van der Waals surface area contributed by atoms with E-state index in [1.54, 1.807) is 24.5 Å². The average molecular weight is 336 g/mol. The molecule has 0 amide bonds. The Hall–Kier alpha value is -1.69. The predicted octanol–water partition coefficient (Wildman–Crippen LogP) is 2.73. The number of halogens is 2. The van der Waals surface area contributed by atoms with E-state index in [9.17, 15) is 9.50 Å². The Labute approximate surface area is 140 Å². The summed E-state index contributed by atoms with van der Waals surface area (Å²) in [5.74, 6) is -0.288. The normalized spacial score (nSPS) is 17.3. The quantitative estimate of drug-likeness (QED) is 0.932. The number of hydrogen-bond donors (Lipinski definition) is 1. The van der Waals surface area contributed by atoms with E-state index >= 15 is 0 Å². The Morgan fingerprint density at radius 2 is 1.83 bits per heavy atom. The molecule has 4 nitrogen and oxygen atoms in total. The number of anilines is 1.